The molecule has 0 bridgehead atoms. The van der Waals surface area contributed by atoms with Gasteiger partial charge in [0.2, 0.25) is 0 Å². The molecule has 0 amide bonds. The third-order valence-electron chi connectivity index (χ3n) is 2.27. The molecule has 1 fully saturated rings. The number of hydrogen-bond donors (Lipinski definition) is 5. The van der Waals surface area contributed by atoms with Gasteiger partial charge in [0.1, 0.15) is 18.3 Å². The Kier molecular flexibility index (Phi) is 2.69. The van der Waals surface area contributed by atoms with Crippen LogP contribution in [0.5, 0.6) is 0 Å². The molecule has 0 aromatic heterocycles. The van der Waals surface area contributed by atoms with Crippen LogP contribution >= 0.6 is 0 Å². The normalized spacial score (nSPS) is 38.2. The monoisotopic (exact) mass is 192 g/mol. The Balaban J connectivity index is 2.67. The van der Waals surface area contributed by atoms with Crippen molar-refractivity contribution in [3.8, 4) is 0 Å². The van der Waals surface area contributed by atoms with Gasteiger partial charge in [-0.2, -0.15) is 0 Å². The zero-order valence-corrected chi connectivity index (χ0v) is 6.79. The molecule has 0 saturated heterocycles. The van der Waals surface area contributed by atoms with Gasteiger partial charge in [-0.3, -0.25) is 4.79 Å². The molecule has 1 rings (SSSR count). The van der Waals surface area contributed by atoms with Crippen LogP contribution in [0.3, 0.4) is 0 Å². The van der Waals surface area contributed by atoms with Crippen LogP contribution in [0, 0.1) is 0 Å². The summed E-state index contributed by atoms with van der Waals surface area (Å²) in [6, 6.07) is 0. The Hall–Kier alpha value is -0.530. The molecule has 1 aliphatic carbocycles. The van der Waals surface area contributed by atoms with Gasteiger partial charge in [-0.15, -0.1) is 0 Å². The van der Waals surface area contributed by atoms with Crippen LogP contribution in [0.15, 0.2) is 0 Å². The van der Waals surface area contributed by atoms with Gasteiger partial charge in [-0.05, 0) is 0 Å². The number of rotatable bonds is 3. The molecular formula is C7H12O6. The Morgan fingerprint density at radius 1 is 1.54 bits per heavy atom. The molecule has 6 nitrogen and oxygen atoms in total. The van der Waals surface area contributed by atoms with Crippen molar-refractivity contribution < 1.29 is 30.3 Å². The summed E-state index contributed by atoms with van der Waals surface area (Å²) in [7, 11) is 0. The summed E-state index contributed by atoms with van der Waals surface area (Å²) in [5, 5.41) is 44.8. The topological polar surface area (TPSA) is 118 Å². The van der Waals surface area contributed by atoms with E-state index in [0.717, 1.165) is 0 Å². The van der Waals surface area contributed by atoms with E-state index in [-0.39, 0.29) is 6.42 Å². The first-order chi connectivity index (χ1) is 5.93. The summed E-state index contributed by atoms with van der Waals surface area (Å²) >= 11 is 0. The maximum atomic E-state index is 10.9. The van der Waals surface area contributed by atoms with Gasteiger partial charge in [0.25, 0.3) is 0 Å². The lowest BCUT2D eigenvalue weighted by atomic mass is 9.71. The fraction of sp³-hybridized carbons (Fsp3) is 0.857. The van der Waals surface area contributed by atoms with Crippen LogP contribution in [-0.4, -0.2) is 61.8 Å². The highest BCUT2D eigenvalue weighted by Gasteiger charge is 2.58. The molecule has 1 saturated carbocycles. The summed E-state index contributed by atoms with van der Waals surface area (Å²) in [6.45, 7) is -0.757. The number of aliphatic hydroxyl groups is 5. The average molecular weight is 192 g/mol. The second-order valence-electron chi connectivity index (χ2n) is 3.20. The maximum Gasteiger partial charge on any atom is 0.195 e. The highest BCUT2D eigenvalue weighted by Crippen LogP contribution is 2.32. The molecule has 1 unspecified atom stereocenters. The zero-order valence-electron chi connectivity index (χ0n) is 6.79. The third kappa shape index (κ3) is 1.47. The largest absolute Gasteiger partial charge is 0.394 e. The van der Waals surface area contributed by atoms with Crippen LogP contribution in [0.2, 0.25) is 0 Å². The first kappa shape index (κ1) is 10.6. The van der Waals surface area contributed by atoms with E-state index in [1.807, 2.05) is 0 Å². The van der Waals surface area contributed by atoms with Gasteiger partial charge in [-0.1, -0.05) is 0 Å². The van der Waals surface area contributed by atoms with E-state index in [2.05, 4.69) is 0 Å². The van der Waals surface area contributed by atoms with Gasteiger partial charge in [0, 0.05) is 6.42 Å². The lowest BCUT2D eigenvalue weighted by Crippen LogP contribution is -2.67. The number of Topliss-reactive ketones (excluding diaryl/α,β-unsaturated/α-hetero) is 1. The van der Waals surface area contributed by atoms with E-state index in [1.54, 1.807) is 0 Å². The van der Waals surface area contributed by atoms with Crippen molar-refractivity contribution in [2.24, 2.45) is 0 Å². The van der Waals surface area contributed by atoms with Crippen molar-refractivity contribution in [3.05, 3.63) is 0 Å². The van der Waals surface area contributed by atoms with Gasteiger partial charge in [-0.25, -0.2) is 0 Å². The highest BCUT2D eigenvalue weighted by atomic mass is 16.4. The number of carbonyl (C=O) groups excluding carboxylic acids is 1. The molecule has 6 heteroatoms. The minimum absolute atomic E-state index is 0.315. The molecule has 0 radical (unpaired) electrons. The minimum atomic E-state index is -2.11. The number of carbonyl (C=O) groups is 1. The van der Waals surface area contributed by atoms with Crippen LogP contribution in [0.1, 0.15) is 6.42 Å². The maximum absolute atomic E-state index is 10.9. The van der Waals surface area contributed by atoms with E-state index < -0.39 is 36.3 Å². The number of ketones is 1. The SMILES string of the molecule is O=C1C(O)C[C@@]1(O)[C@@H](O)[C@H](O)CO. The van der Waals surface area contributed by atoms with Gasteiger partial charge in [0.05, 0.1) is 6.61 Å². The molecule has 0 spiro atoms. The Morgan fingerprint density at radius 2 is 2.08 bits per heavy atom. The molecule has 0 aliphatic heterocycles. The first-order valence-electron chi connectivity index (χ1n) is 3.85. The fourth-order valence-corrected chi connectivity index (χ4v) is 1.33. The van der Waals surface area contributed by atoms with E-state index in [9.17, 15) is 15.0 Å². The molecule has 0 aromatic rings. The van der Waals surface area contributed by atoms with E-state index in [4.69, 9.17) is 15.3 Å². The number of aliphatic hydroxyl groups excluding tert-OH is 4. The quantitative estimate of drug-likeness (QED) is 0.321. The van der Waals surface area contributed by atoms with Crippen molar-refractivity contribution in [1.29, 1.82) is 0 Å². The first-order valence-corrected chi connectivity index (χ1v) is 3.85. The van der Waals surface area contributed by atoms with Crippen molar-refractivity contribution in [3.63, 3.8) is 0 Å². The zero-order chi connectivity index (χ0) is 10.2. The van der Waals surface area contributed by atoms with E-state index in [0.29, 0.717) is 0 Å². The highest BCUT2D eigenvalue weighted by molar-refractivity contribution is 5.97. The van der Waals surface area contributed by atoms with Crippen molar-refractivity contribution in [2.75, 3.05) is 6.61 Å². The Morgan fingerprint density at radius 3 is 2.38 bits per heavy atom. The van der Waals surface area contributed by atoms with Crippen LogP contribution in [-0.2, 0) is 4.79 Å². The molecule has 5 N–H and O–H groups in total. The summed E-state index contributed by atoms with van der Waals surface area (Å²) in [5.41, 5.74) is -2.11. The Labute approximate surface area is 74.1 Å². The second-order valence-corrected chi connectivity index (χ2v) is 3.20. The Bertz CT molecular complexity index is 217. The average Bonchev–Trinajstić information content (AvgIpc) is 2.14. The van der Waals surface area contributed by atoms with E-state index in [1.165, 1.54) is 0 Å². The predicted molar refractivity (Wildman–Crippen MR) is 39.7 cm³/mol. The van der Waals surface area contributed by atoms with Crippen LogP contribution in [0.4, 0.5) is 0 Å². The summed E-state index contributed by atoms with van der Waals surface area (Å²) in [5.74, 6) is -0.924. The van der Waals surface area contributed by atoms with Crippen molar-refractivity contribution >= 4 is 5.78 Å². The standard InChI is InChI=1S/C7H12O6/c8-2-4(10)6(12)7(13)1-3(9)5(7)11/h3-4,6,8-10,12-13H,1-2H2/t3?,4-,6+,7+/m1/s1. The lowest BCUT2D eigenvalue weighted by molar-refractivity contribution is -0.202. The smallest absolute Gasteiger partial charge is 0.195 e. The molecule has 4 atom stereocenters. The molecule has 1 aliphatic rings. The summed E-state index contributed by atoms with van der Waals surface area (Å²) in [6.07, 6.45) is -4.94. The fourth-order valence-electron chi connectivity index (χ4n) is 1.33. The van der Waals surface area contributed by atoms with Gasteiger partial charge < -0.3 is 25.5 Å². The van der Waals surface area contributed by atoms with Crippen molar-refractivity contribution in [1.82, 2.24) is 0 Å². The predicted octanol–water partition coefficient (Wildman–Crippen LogP) is -3.23. The molecule has 13 heavy (non-hydrogen) atoms. The minimum Gasteiger partial charge on any atom is -0.394 e. The molecule has 0 aromatic carbocycles. The molecule has 76 valence electrons. The molecular weight excluding hydrogens is 180 g/mol. The van der Waals surface area contributed by atoms with Crippen LogP contribution in [0.25, 0.3) is 0 Å². The second kappa shape index (κ2) is 3.32. The van der Waals surface area contributed by atoms with Gasteiger partial charge >= 0.3 is 0 Å². The van der Waals surface area contributed by atoms with Crippen LogP contribution < -0.4 is 0 Å². The third-order valence-corrected chi connectivity index (χ3v) is 2.27. The van der Waals surface area contributed by atoms with Gasteiger partial charge in [0.15, 0.2) is 11.4 Å². The lowest BCUT2D eigenvalue weighted by Gasteiger charge is -2.43. The molecule has 0 heterocycles. The summed E-state index contributed by atoms with van der Waals surface area (Å²) < 4.78 is 0. The van der Waals surface area contributed by atoms with Crippen molar-refractivity contribution in [2.45, 2.75) is 30.3 Å². The summed E-state index contributed by atoms with van der Waals surface area (Å²) in [4.78, 5) is 10.9. The van der Waals surface area contributed by atoms with E-state index >= 15 is 0 Å². The number of hydrogen-bond acceptors (Lipinski definition) is 6.